The van der Waals surface area contributed by atoms with Crippen LogP contribution in [0.15, 0.2) is 73.2 Å². The topological polar surface area (TPSA) is 126 Å². The van der Waals surface area contributed by atoms with Crippen LogP contribution < -0.4 is 15.6 Å². The molecule has 198 valence electrons. The number of para-hydroxylation sites is 1. The molecule has 9 nitrogen and oxygen atoms in total. The van der Waals surface area contributed by atoms with E-state index in [-0.39, 0.29) is 34.8 Å². The Morgan fingerprint density at radius 1 is 1.15 bits per heavy atom. The average Bonchev–Trinajstić information content (AvgIpc) is 3.32. The SMILES string of the molecule is COc1ccc2occ([C@@H](CC(=O)N3CCc4c([nH]c5ccccc45)C3)c3oc(C)cc(=O)c3O)c(=O)c2c1. The lowest BCUT2D eigenvalue weighted by Gasteiger charge is -2.28. The Kier molecular flexibility index (Phi) is 5.98. The van der Waals surface area contributed by atoms with Crippen molar-refractivity contribution in [3.05, 3.63) is 104 Å². The van der Waals surface area contributed by atoms with Crippen molar-refractivity contribution < 1.29 is 23.5 Å². The minimum atomic E-state index is -1.05. The molecule has 1 aliphatic heterocycles. The van der Waals surface area contributed by atoms with Crippen LogP contribution in [-0.4, -0.2) is 34.6 Å². The minimum Gasteiger partial charge on any atom is -0.502 e. The molecule has 2 N–H and O–H groups in total. The zero-order valence-electron chi connectivity index (χ0n) is 21.4. The molecular formula is C30H26N2O7. The summed E-state index contributed by atoms with van der Waals surface area (Å²) in [5, 5.41) is 12.1. The number of aromatic hydroxyl groups is 1. The summed E-state index contributed by atoms with van der Waals surface area (Å²) in [6.07, 6.45) is 1.73. The second kappa shape index (κ2) is 9.50. The van der Waals surface area contributed by atoms with Gasteiger partial charge in [-0.3, -0.25) is 14.4 Å². The highest BCUT2D eigenvalue weighted by Gasteiger charge is 2.32. The van der Waals surface area contributed by atoms with E-state index in [9.17, 15) is 19.5 Å². The van der Waals surface area contributed by atoms with Crippen LogP contribution in [0.1, 0.15) is 40.7 Å². The van der Waals surface area contributed by atoms with Crippen molar-refractivity contribution in [3.63, 3.8) is 0 Å². The third kappa shape index (κ3) is 4.25. The Balaban J connectivity index is 1.41. The van der Waals surface area contributed by atoms with Crippen molar-refractivity contribution in [2.75, 3.05) is 13.7 Å². The molecule has 9 heteroatoms. The van der Waals surface area contributed by atoms with Crippen molar-refractivity contribution in [2.24, 2.45) is 0 Å². The van der Waals surface area contributed by atoms with Crippen LogP contribution in [0.4, 0.5) is 0 Å². The highest BCUT2D eigenvalue weighted by molar-refractivity contribution is 5.86. The molecule has 0 unspecified atom stereocenters. The van der Waals surface area contributed by atoms with E-state index in [1.54, 1.807) is 30.0 Å². The molecule has 0 spiro atoms. The molecule has 0 bridgehead atoms. The maximum absolute atomic E-state index is 13.7. The molecule has 1 aliphatic rings. The third-order valence-corrected chi connectivity index (χ3v) is 7.38. The van der Waals surface area contributed by atoms with Crippen LogP contribution in [0.5, 0.6) is 11.5 Å². The van der Waals surface area contributed by atoms with Crippen LogP contribution in [0.3, 0.4) is 0 Å². The first-order valence-electron chi connectivity index (χ1n) is 12.6. The van der Waals surface area contributed by atoms with Gasteiger partial charge in [0.1, 0.15) is 17.1 Å². The van der Waals surface area contributed by atoms with Crippen LogP contribution in [0.25, 0.3) is 21.9 Å². The van der Waals surface area contributed by atoms with Crippen molar-refractivity contribution >= 4 is 27.8 Å². The average molecular weight is 527 g/mol. The van der Waals surface area contributed by atoms with Gasteiger partial charge >= 0.3 is 0 Å². The maximum Gasteiger partial charge on any atom is 0.227 e. The molecule has 0 radical (unpaired) electrons. The van der Waals surface area contributed by atoms with E-state index in [4.69, 9.17) is 13.6 Å². The first-order valence-corrected chi connectivity index (χ1v) is 12.6. The Bertz CT molecular complexity index is 1860. The molecule has 1 amide bonds. The summed E-state index contributed by atoms with van der Waals surface area (Å²) in [7, 11) is 1.49. The number of carbonyl (C=O) groups is 1. The quantitative estimate of drug-likeness (QED) is 0.349. The molecule has 0 saturated carbocycles. The van der Waals surface area contributed by atoms with Gasteiger partial charge in [-0.2, -0.15) is 0 Å². The number of benzene rings is 2. The van der Waals surface area contributed by atoms with E-state index >= 15 is 0 Å². The standard InChI is InChI=1S/C30H26N2O7/c1-16-11-25(33)29(36)30(39-16)20(22-15-38-26-8-7-17(37-2)12-21(26)28(22)35)13-27(34)32-10-9-19-18-5-3-4-6-23(18)31-24(19)14-32/h3-8,11-12,15,20,31,36H,9-10,13-14H2,1-2H3/t20-/m1/s1. The second-order valence-corrected chi connectivity index (χ2v) is 9.77. The van der Waals surface area contributed by atoms with E-state index < -0.39 is 22.5 Å². The van der Waals surface area contributed by atoms with Gasteiger partial charge in [-0.1, -0.05) is 18.2 Å². The van der Waals surface area contributed by atoms with Gasteiger partial charge < -0.3 is 28.6 Å². The number of nitrogens with zero attached hydrogens (tertiary/aromatic N) is 1. The molecule has 0 saturated heterocycles. The number of H-pyrrole nitrogens is 1. The zero-order chi connectivity index (χ0) is 27.3. The summed E-state index contributed by atoms with van der Waals surface area (Å²) in [4.78, 5) is 44.9. The van der Waals surface area contributed by atoms with Crippen molar-refractivity contribution in [2.45, 2.75) is 32.2 Å². The van der Waals surface area contributed by atoms with Crippen LogP contribution >= 0.6 is 0 Å². The summed E-state index contributed by atoms with van der Waals surface area (Å²) in [5.74, 6) is -1.38. The number of rotatable bonds is 5. The summed E-state index contributed by atoms with van der Waals surface area (Å²) in [5.41, 5.74) is 2.55. The fourth-order valence-corrected chi connectivity index (χ4v) is 5.41. The van der Waals surface area contributed by atoms with Gasteiger partial charge in [-0.05, 0) is 43.2 Å². The summed E-state index contributed by atoms with van der Waals surface area (Å²) >= 11 is 0. The molecule has 0 fully saturated rings. The number of aromatic amines is 1. The lowest BCUT2D eigenvalue weighted by atomic mass is 9.91. The lowest BCUT2D eigenvalue weighted by Crippen LogP contribution is -2.37. The number of carbonyl (C=O) groups excluding carboxylic acids is 1. The molecular weight excluding hydrogens is 500 g/mol. The number of amides is 1. The minimum absolute atomic E-state index is 0.0939. The number of nitrogens with one attached hydrogen (secondary N) is 1. The normalized spacial score (nSPS) is 13.9. The van der Waals surface area contributed by atoms with Gasteiger partial charge in [-0.25, -0.2) is 0 Å². The first-order chi connectivity index (χ1) is 18.8. The number of hydrogen-bond donors (Lipinski definition) is 2. The molecule has 6 rings (SSSR count). The monoisotopic (exact) mass is 526 g/mol. The third-order valence-electron chi connectivity index (χ3n) is 7.38. The fourth-order valence-electron chi connectivity index (χ4n) is 5.41. The number of aromatic nitrogens is 1. The van der Waals surface area contributed by atoms with E-state index in [1.165, 1.54) is 18.9 Å². The van der Waals surface area contributed by atoms with E-state index in [0.29, 0.717) is 30.8 Å². The number of methoxy groups -OCH3 is 1. The van der Waals surface area contributed by atoms with Crippen LogP contribution in [-0.2, 0) is 17.8 Å². The van der Waals surface area contributed by atoms with Gasteiger partial charge in [0.25, 0.3) is 0 Å². The Morgan fingerprint density at radius 3 is 2.79 bits per heavy atom. The van der Waals surface area contributed by atoms with E-state index in [0.717, 1.165) is 22.7 Å². The van der Waals surface area contributed by atoms with Gasteiger partial charge in [-0.15, -0.1) is 0 Å². The van der Waals surface area contributed by atoms with Gasteiger partial charge in [0.2, 0.25) is 17.1 Å². The predicted octanol–water partition coefficient (Wildman–Crippen LogP) is 4.36. The Hall–Kier alpha value is -4.79. The molecule has 39 heavy (non-hydrogen) atoms. The van der Waals surface area contributed by atoms with Crippen molar-refractivity contribution in [1.82, 2.24) is 9.88 Å². The molecule has 3 aromatic heterocycles. The predicted molar refractivity (Wildman–Crippen MR) is 144 cm³/mol. The molecule has 2 aromatic carbocycles. The molecule has 0 aliphatic carbocycles. The van der Waals surface area contributed by atoms with Crippen LogP contribution in [0.2, 0.25) is 0 Å². The van der Waals surface area contributed by atoms with Crippen molar-refractivity contribution in [1.29, 1.82) is 0 Å². The van der Waals surface area contributed by atoms with Crippen molar-refractivity contribution in [3.8, 4) is 11.5 Å². The lowest BCUT2D eigenvalue weighted by molar-refractivity contribution is -0.132. The summed E-state index contributed by atoms with van der Waals surface area (Å²) in [6, 6.07) is 14.0. The fraction of sp³-hybridized carbons (Fsp3) is 0.233. The molecule has 1 atom stereocenters. The number of aryl methyl sites for hydroxylation is 1. The van der Waals surface area contributed by atoms with E-state index in [2.05, 4.69) is 11.1 Å². The first kappa shape index (κ1) is 24.5. The Morgan fingerprint density at radius 2 is 1.97 bits per heavy atom. The highest BCUT2D eigenvalue weighted by atomic mass is 16.5. The van der Waals surface area contributed by atoms with E-state index in [1.807, 2.05) is 18.2 Å². The molecule has 4 heterocycles. The maximum atomic E-state index is 13.7. The number of ether oxygens (including phenoxy) is 1. The summed E-state index contributed by atoms with van der Waals surface area (Å²) in [6.45, 7) is 2.44. The molecule has 5 aromatic rings. The van der Waals surface area contributed by atoms with Gasteiger partial charge in [0.05, 0.1) is 31.2 Å². The number of hydrogen-bond acceptors (Lipinski definition) is 7. The zero-order valence-corrected chi connectivity index (χ0v) is 21.4. The van der Waals surface area contributed by atoms with Gasteiger partial charge in [0, 0.05) is 41.2 Å². The van der Waals surface area contributed by atoms with Crippen LogP contribution in [0, 0.1) is 6.92 Å². The highest BCUT2D eigenvalue weighted by Crippen LogP contribution is 2.34. The largest absolute Gasteiger partial charge is 0.502 e. The smallest absolute Gasteiger partial charge is 0.227 e. The second-order valence-electron chi connectivity index (χ2n) is 9.77. The van der Waals surface area contributed by atoms with Gasteiger partial charge in [0.15, 0.2) is 11.2 Å². The summed E-state index contributed by atoms with van der Waals surface area (Å²) < 4.78 is 16.8. The number of fused-ring (bicyclic) bond motifs is 4. The Labute approximate surface area is 222 Å².